The molecule has 1 fully saturated rings. The molecule has 2 aromatic rings. The Labute approximate surface area is 134 Å². The smallest absolute Gasteiger partial charge is 0.408 e. The maximum atomic E-state index is 12.8. The first-order chi connectivity index (χ1) is 11.0. The summed E-state index contributed by atoms with van der Waals surface area (Å²) >= 11 is 0. The number of rotatable bonds is 5. The maximum Gasteiger partial charge on any atom is 0.417 e. The van der Waals surface area contributed by atoms with Crippen LogP contribution >= 0.6 is 0 Å². The minimum absolute atomic E-state index is 0.143. The van der Waals surface area contributed by atoms with E-state index < -0.39 is 15.8 Å². The number of piperidine rings is 1. The number of sulfonamides is 1. The van der Waals surface area contributed by atoms with E-state index in [-0.39, 0.29) is 16.4 Å². The van der Waals surface area contributed by atoms with Crippen LogP contribution in [-0.2, 0) is 14.8 Å². The number of aromatic amines is 1. The van der Waals surface area contributed by atoms with Crippen molar-refractivity contribution in [1.82, 2.24) is 9.29 Å². The second-order valence-electron chi connectivity index (χ2n) is 5.70. The number of H-pyrrole nitrogens is 1. The highest BCUT2D eigenvalue weighted by atomic mass is 32.2. The first kappa shape index (κ1) is 16.2. The number of hydrogen-bond acceptors (Lipinski definition) is 5. The molecule has 1 aliphatic rings. The SMILES string of the molecule is CCOCC1CCCN(S(=O)(=O)c2ccc3[nH]c(=O)oc3c2)C1. The lowest BCUT2D eigenvalue weighted by molar-refractivity contribution is 0.0864. The molecular weight excluding hydrogens is 320 g/mol. The number of oxazole rings is 1. The van der Waals surface area contributed by atoms with Crippen LogP contribution in [0.5, 0.6) is 0 Å². The number of fused-ring (bicyclic) bond motifs is 1. The third-order valence-corrected chi connectivity index (χ3v) is 5.93. The van der Waals surface area contributed by atoms with Crippen LogP contribution < -0.4 is 5.76 Å². The van der Waals surface area contributed by atoms with Gasteiger partial charge in [-0.15, -0.1) is 0 Å². The van der Waals surface area contributed by atoms with Crippen LogP contribution in [0.15, 0.2) is 32.3 Å². The fraction of sp³-hybridized carbons (Fsp3) is 0.533. The maximum absolute atomic E-state index is 12.8. The van der Waals surface area contributed by atoms with Crippen LogP contribution in [0.2, 0.25) is 0 Å². The molecule has 0 spiro atoms. The molecule has 2 heterocycles. The highest BCUT2D eigenvalue weighted by Gasteiger charge is 2.30. The number of aromatic nitrogens is 1. The zero-order valence-corrected chi connectivity index (χ0v) is 13.8. The third-order valence-electron chi connectivity index (χ3n) is 4.07. The predicted molar refractivity (Wildman–Crippen MR) is 84.8 cm³/mol. The average molecular weight is 340 g/mol. The summed E-state index contributed by atoms with van der Waals surface area (Å²) in [7, 11) is -3.60. The lowest BCUT2D eigenvalue weighted by atomic mass is 10.0. The molecule has 1 atom stereocenters. The van der Waals surface area contributed by atoms with Gasteiger partial charge in [0.05, 0.1) is 17.0 Å². The van der Waals surface area contributed by atoms with Gasteiger partial charge in [-0.3, -0.25) is 4.98 Å². The van der Waals surface area contributed by atoms with Gasteiger partial charge in [0.2, 0.25) is 10.0 Å². The fourth-order valence-electron chi connectivity index (χ4n) is 2.90. The molecule has 3 rings (SSSR count). The van der Waals surface area contributed by atoms with Gasteiger partial charge in [-0.1, -0.05) is 0 Å². The van der Waals surface area contributed by atoms with E-state index in [1.54, 1.807) is 6.07 Å². The number of hydrogen-bond donors (Lipinski definition) is 1. The quantitative estimate of drug-likeness (QED) is 0.891. The second-order valence-corrected chi connectivity index (χ2v) is 7.64. The molecule has 1 aromatic carbocycles. The van der Waals surface area contributed by atoms with Gasteiger partial charge in [-0.2, -0.15) is 4.31 Å². The molecule has 126 valence electrons. The Hall–Kier alpha value is -1.64. The zero-order valence-electron chi connectivity index (χ0n) is 12.9. The van der Waals surface area contributed by atoms with Gasteiger partial charge in [0.1, 0.15) is 0 Å². The minimum atomic E-state index is -3.60. The Kier molecular flexibility index (Phi) is 4.56. The summed E-state index contributed by atoms with van der Waals surface area (Å²) in [5, 5.41) is 0. The first-order valence-corrected chi connectivity index (χ1v) is 9.15. The molecule has 0 radical (unpaired) electrons. The minimum Gasteiger partial charge on any atom is -0.408 e. The Morgan fingerprint density at radius 1 is 1.43 bits per heavy atom. The van der Waals surface area contributed by atoms with Crippen molar-refractivity contribution in [3.8, 4) is 0 Å². The molecule has 1 N–H and O–H groups in total. The molecule has 1 unspecified atom stereocenters. The molecule has 7 nitrogen and oxygen atoms in total. The summed E-state index contributed by atoms with van der Waals surface area (Å²) in [5.41, 5.74) is 0.737. The van der Waals surface area contributed by atoms with Gasteiger partial charge in [0.25, 0.3) is 0 Å². The summed E-state index contributed by atoms with van der Waals surface area (Å²) < 4.78 is 37.5. The molecule has 1 saturated heterocycles. The standard InChI is InChI=1S/C15H20N2O5S/c1-2-21-10-11-4-3-7-17(9-11)23(19,20)12-5-6-13-14(8-12)22-15(18)16-13/h5-6,8,11H,2-4,7,9-10H2,1H3,(H,16,18). The summed E-state index contributed by atoms with van der Waals surface area (Å²) in [6.45, 7) is 4.09. The molecule has 0 bridgehead atoms. The molecule has 0 amide bonds. The number of nitrogens with zero attached hydrogens (tertiary/aromatic N) is 1. The number of ether oxygens (including phenoxy) is 1. The van der Waals surface area contributed by atoms with Gasteiger partial charge in [-0.25, -0.2) is 13.2 Å². The van der Waals surface area contributed by atoms with E-state index in [1.165, 1.54) is 16.4 Å². The molecule has 1 aliphatic heterocycles. The van der Waals surface area contributed by atoms with Crippen LogP contribution in [0, 0.1) is 5.92 Å². The van der Waals surface area contributed by atoms with Gasteiger partial charge in [0, 0.05) is 25.8 Å². The van der Waals surface area contributed by atoms with Crippen molar-refractivity contribution in [2.45, 2.75) is 24.7 Å². The van der Waals surface area contributed by atoms with Crippen LogP contribution in [0.3, 0.4) is 0 Å². The van der Waals surface area contributed by atoms with Crippen molar-refractivity contribution in [3.63, 3.8) is 0 Å². The van der Waals surface area contributed by atoms with Crippen molar-refractivity contribution in [2.24, 2.45) is 5.92 Å². The van der Waals surface area contributed by atoms with E-state index in [1.807, 2.05) is 6.92 Å². The van der Waals surface area contributed by atoms with E-state index in [2.05, 4.69) is 4.98 Å². The van der Waals surface area contributed by atoms with Gasteiger partial charge in [-0.05, 0) is 37.8 Å². The van der Waals surface area contributed by atoms with Crippen molar-refractivity contribution in [2.75, 3.05) is 26.3 Å². The summed E-state index contributed by atoms with van der Waals surface area (Å²) in [4.78, 5) is 13.8. The number of nitrogens with one attached hydrogen (secondary N) is 1. The highest BCUT2D eigenvalue weighted by Crippen LogP contribution is 2.25. The molecule has 0 aliphatic carbocycles. The van der Waals surface area contributed by atoms with E-state index in [9.17, 15) is 13.2 Å². The topological polar surface area (TPSA) is 92.6 Å². The molecule has 23 heavy (non-hydrogen) atoms. The normalized spacial score (nSPS) is 20.1. The van der Waals surface area contributed by atoms with E-state index in [4.69, 9.17) is 9.15 Å². The Morgan fingerprint density at radius 3 is 3.04 bits per heavy atom. The van der Waals surface area contributed by atoms with Gasteiger partial charge in [0.15, 0.2) is 5.58 Å². The van der Waals surface area contributed by atoms with E-state index in [0.717, 1.165) is 12.8 Å². The summed E-state index contributed by atoms with van der Waals surface area (Å²) in [6.07, 6.45) is 1.79. The Balaban J connectivity index is 1.85. The second kappa shape index (κ2) is 6.46. The fourth-order valence-corrected chi connectivity index (χ4v) is 4.47. The van der Waals surface area contributed by atoms with Gasteiger partial charge >= 0.3 is 5.76 Å². The molecule has 8 heteroatoms. The molecule has 1 aromatic heterocycles. The predicted octanol–water partition coefficient (Wildman–Crippen LogP) is 1.56. The van der Waals surface area contributed by atoms with Crippen molar-refractivity contribution >= 4 is 21.1 Å². The van der Waals surface area contributed by atoms with Gasteiger partial charge < -0.3 is 9.15 Å². The Morgan fingerprint density at radius 2 is 2.26 bits per heavy atom. The van der Waals surface area contributed by atoms with E-state index in [0.29, 0.717) is 31.8 Å². The van der Waals surface area contributed by atoms with Crippen molar-refractivity contribution in [1.29, 1.82) is 0 Å². The van der Waals surface area contributed by atoms with Crippen molar-refractivity contribution < 1.29 is 17.6 Å². The zero-order chi connectivity index (χ0) is 16.4. The largest absolute Gasteiger partial charge is 0.417 e. The van der Waals surface area contributed by atoms with E-state index >= 15 is 0 Å². The summed E-state index contributed by atoms with van der Waals surface area (Å²) in [5.74, 6) is -0.378. The monoisotopic (exact) mass is 340 g/mol. The highest BCUT2D eigenvalue weighted by molar-refractivity contribution is 7.89. The van der Waals surface area contributed by atoms with Crippen LogP contribution in [0.1, 0.15) is 19.8 Å². The van der Waals surface area contributed by atoms with Crippen LogP contribution in [-0.4, -0.2) is 44.0 Å². The lowest BCUT2D eigenvalue weighted by Crippen LogP contribution is -2.41. The molecule has 0 saturated carbocycles. The van der Waals surface area contributed by atoms with Crippen molar-refractivity contribution in [3.05, 3.63) is 28.7 Å². The first-order valence-electron chi connectivity index (χ1n) is 7.71. The molecular formula is C15H20N2O5S. The number of benzene rings is 1. The Bertz CT molecular complexity index is 839. The average Bonchev–Trinajstić information content (AvgIpc) is 2.92. The third kappa shape index (κ3) is 3.34. The van der Waals surface area contributed by atoms with Crippen LogP contribution in [0.25, 0.3) is 11.1 Å². The summed E-state index contributed by atoms with van der Waals surface area (Å²) in [6, 6.07) is 4.44. The lowest BCUT2D eigenvalue weighted by Gasteiger charge is -2.31. The van der Waals surface area contributed by atoms with Crippen LogP contribution in [0.4, 0.5) is 0 Å².